The van der Waals surface area contributed by atoms with Gasteiger partial charge in [0.2, 0.25) is 5.43 Å². The van der Waals surface area contributed by atoms with E-state index in [9.17, 15) is 4.79 Å². The second-order valence-electron chi connectivity index (χ2n) is 1.85. The average molecular weight is 169 g/mol. The van der Waals surface area contributed by atoms with Crippen molar-refractivity contribution in [1.82, 2.24) is 4.37 Å². The van der Waals surface area contributed by atoms with Crippen molar-refractivity contribution in [3.8, 4) is 10.6 Å². The van der Waals surface area contributed by atoms with Crippen LogP contribution < -0.4 is 5.43 Å². The van der Waals surface area contributed by atoms with Gasteiger partial charge in [-0.25, -0.2) is 0 Å². The Morgan fingerprint density at radius 3 is 3.10 bits per heavy atom. The predicted octanol–water partition coefficient (Wildman–Crippen LogP) is 1.67. The van der Waals surface area contributed by atoms with Crippen LogP contribution in [0, 0.1) is 0 Å². The average Bonchev–Trinajstić information content (AvgIpc) is 2.36. The van der Waals surface area contributed by atoms with E-state index in [4.69, 9.17) is 0 Å². The van der Waals surface area contributed by atoms with Gasteiger partial charge in [0.25, 0.3) is 0 Å². The van der Waals surface area contributed by atoms with Gasteiger partial charge in [-0.2, -0.15) is 4.37 Å². The Morgan fingerprint density at radius 2 is 2.30 bits per heavy atom. The summed E-state index contributed by atoms with van der Waals surface area (Å²) in [6, 6.07) is 5.20. The van der Waals surface area contributed by atoms with Gasteiger partial charge in [-0.3, -0.25) is 4.79 Å². The normalized spacial score (nSPS) is 10.4. The maximum Gasteiger partial charge on any atom is 0.206 e. The van der Waals surface area contributed by atoms with Gasteiger partial charge >= 0.3 is 0 Å². The van der Waals surface area contributed by atoms with Gasteiger partial charge < -0.3 is 0 Å². The lowest BCUT2D eigenvalue weighted by molar-refractivity contribution is 1.46. The highest BCUT2D eigenvalue weighted by Crippen LogP contribution is 2.24. The molecule has 4 heteroatoms. The standard InChI is InChI=1S/C6H3NOS2/c8-4-2-1-3-5-6(4)7-10-9-5/h1-3H. The fourth-order valence-corrected chi connectivity index (χ4v) is 2.53. The van der Waals surface area contributed by atoms with Gasteiger partial charge in [-0.15, -0.1) is 0 Å². The second-order valence-corrected chi connectivity index (χ2v) is 3.74. The maximum absolute atomic E-state index is 11.0. The molecule has 0 saturated heterocycles. The van der Waals surface area contributed by atoms with Gasteiger partial charge in [0.15, 0.2) is 0 Å². The van der Waals surface area contributed by atoms with Gasteiger partial charge in [0.1, 0.15) is 5.69 Å². The van der Waals surface area contributed by atoms with Crippen LogP contribution in [0.5, 0.6) is 0 Å². The minimum atomic E-state index is 0.0231. The van der Waals surface area contributed by atoms with Crippen molar-refractivity contribution in [3.05, 3.63) is 28.4 Å². The van der Waals surface area contributed by atoms with Crippen LogP contribution in [0.15, 0.2) is 23.0 Å². The first-order chi connectivity index (χ1) is 4.88. The molecular formula is C6H3NOS2. The van der Waals surface area contributed by atoms with E-state index < -0.39 is 0 Å². The van der Waals surface area contributed by atoms with Crippen molar-refractivity contribution in [1.29, 1.82) is 0 Å². The van der Waals surface area contributed by atoms with E-state index in [-0.39, 0.29) is 5.43 Å². The number of nitrogens with zero attached hydrogens (tertiary/aromatic N) is 1. The molecule has 0 amide bonds. The zero-order valence-corrected chi connectivity index (χ0v) is 6.54. The summed E-state index contributed by atoms with van der Waals surface area (Å²) in [5.74, 6) is 0. The molecule has 50 valence electrons. The number of benzene rings is 1. The van der Waals surface area contributed by atoms with Crippen LogP contribution in [-0.4, -0.2) is 4.37 Å². The van der Waals surface area contributed by atoms with E-state index in [2.05, 4.69) is 4.37 Å². The molecule has 2 aliphatic rings. The summed E-state index contributed by atoms with van der Waals surface area (Å²) in [5, 5.41) is 0. The maximum atomic E-state index is 11.0. The third-order valence-electron chi connectivity index (χ3n) is 1.22. The summed E-state index contributed by atoms with van der Waals surface area (Å²) in [6.07, 6.45) is 0. The Balaban J connectivity index is 2.93. The largest absolute Gasteiger partial charge is 0.287 e. The molecule has 0 radical (unpaired) electrons. The summed E-state index contributed by atoms with van der Waals surface area (Å²) in [4.78, 5) is 12.0. The number of rotatable bonds is 0. The molecule has 2 nitrogen and oxygen atoms in total. The Morgan fingerprint density at radius 1 is 1.40 bits per heavy atom. The van der Waals surface area contributed by atoms with Gasteiger partial charge in [0, 0.05) is 10.5 Å². The lowest BCUT2D eigenvalue weighted by Crippen LogP contribution is -2.00. The van der Waals surface area contributed by atoms with Crippen molar-refractivity contribution in [2.24, 2.45) is 0 Å². The Bertz CT molecular complexity index is 364. The first kappa shape index (κ1) is 6.00. The molecule has 0 saturated carbocycles. The lowest BCUT2D eigenvalue weighted by Gasteiger charge is -1.86. The van der Waals surface area contributed by atoms with Crippen molar-refractivity contribution in [2.45, 2.75) is 0 Å². The lowest BCUT2D eigenvalue weighted by atomic mass is 10.2. The number of fused-ring (bicyclic) bond motifs is 1. The van der Waals surface area contributed by atoms with Crippen LogP contribution in [-0.2, 0) is 0 Å². The SMILES string of the molecule is O=c1cccc2ssnc1-2. The molecule has 2 rings (SSSR count). The minimum Gasteiger partial charge on any atom is -0.287 e. The summed E-state index contributed by atoms with van der Waals surface area (Å²) >= 11 is 0. The van der Waals surface area contributed by atoms with Crippen molar-refractivity contribution < 1.29 is 0 Å². The van der Waals surface area contributed by atoms with Crippen molar-refractivity contribution in [2.75, 3.05) is 0 Å². The zero-order valence-electron chi connectivity index (χ0n) is 4.90. The van der Waals surface area contributed by atoms with Crippen LogP contribution in [0.2, 0.25) is 0 Å². The zero-order chi connectivity index (χ0) is 6.97. The van der Waals surface area contributed by atoms with Crippen LogP contribution in [0.3, 0.4) is 0 Å². The first-order valence-corrected chi connectivity index (χ1v) is 4.83. The van der Waals surface area contributed by atoms with Gasteiger partial charge in [-0.1, -0.05) is 16.4 Å². The highest BCUT2D eigenvalue weighted by molar-refractivity contribution is 7.68. The molecule has 0 spiro atoms. The molecular weight excluding hydrogens is 166 g/mol. The topological polar surface area (TPSA) is 30.0 Å². The van der Waals surface area contributed by atoms with E-state index in [0.29, 0.717) is 5.69 Å². The smallest absolute Gasteiger partial charge is 0.206 e. The monoisotopic (exact) mass is 169 g/mol. The second kappa shape index (κ2) is 2.14. The van der Waals surface area contributed by atoms with E-state index in [1.54, 1.807) is 6.07 Å². The molecule has 0 atom stereocenters. The molecule has 1 aliphatic heterocycles. The fourth-order valence-electron chi connectivity index (χ4n) is 0.755. The number of hydrogen-bond acceptors (Lipinski definition) is 4. The third-order valence-corrected chi connectivity index (χ3v) is 3.04. The van der Waals surface area contributed by atoms with E-state index >= 15 is 0 Å². The Hall–Kier alpha value is -0.740. The number of aromatic nitrogens is 1. The summed E-state index contributed by atoms with van der Waals surface area (Å²) in [7, 11) is 2.89. The van der Waals surface area contributed by atoms with Crippen LogP contribution in [0.25, 0.3) is 10.6 Å². The molecule has 0 fully saturated rings. The molecule has 0 unspecified atom stereocenters. The fraction of sp³-hybridized carbons (Fsp3) is 0. The van der Waals surface area contributed by atoms with E-state index in [1.165, 1.54) is 26.9 Å². The quantitative estimate of drug-likeness (QED) is 0.561. The molecule has 0 aromatic carbocycles. The van der Waals surface area contributed by atoms with Crippen LogP contribution in [0.1, 0.15) is 0 Å². The number of hydrogen-bond donors (Lipinski definition) is 0. The van der Waals surface area contributed by atoms with Crippen LogP contribution in [0.4, 0.5) is 0 Å². The van der Waals surface area contributed by atoms with Gasteiger partial charge in [-0.05, 0) is 12.1 Å². The van der Waals surface area contributed by atoms with E-state index in [0.717, 1.165) is 4.88 Å². The Kier molecular flexibility index (Phi) is 1.28. The summed E-state index contributed by atoms with van der Waals surface area (Å²) < 4.78 is 3.97. The summed E-state index contributed by atoms with van der Waals surface area (Å²) in [6.45, 7) is 0. The highest BCUT2D eigenvalue weighted by atomic mass is 32.9. The molecule has 0 aromatic rings. The third kappa shape index (κ3) is 0.767. The predicted molar refractivity (Wildman–Crippen MR) is 42.9 cm³/mol. The molecule has 1 aliphatic carbocycles. The first-order valence-electron chi connectivity index (χ1n) is 2.73. The van der Waals surface area contributed by atoms with Crippen molar-refractivity contribution >= 4 is 20.9 Å². The molecule has 0 aromatic heterocycles. The van der Waals surface area contributed by atoms with Crippen molar-refractivity contribution in [3.63, 3.8) is 0 Å². The molecule has 0 N–H and O–H groups in total. The minimum absolute atomic E-state index is 0.0231. The molecule has 1 heterocycles. The molecule has 0 bridgehead atoms. The summed E-state index contributed by atoms with van der Waals surface area (Å²) in [5.41, 5.74) is 0.632. The highest BCUT2D eigenvalue weighted by Gasteiger charge is 2.06. The van der Waals surface area contributed by atoms with E-state index in [1.807, 2.05) is 6.07 Å². The van der Waals surface area contributed by atoms with Gasteiger partial charge in [0.05, 0.1) is 4.88 Å². The molecule has 10 heavy (non-hydrogen) atoms. The van der Waals surface area contributed by atoms with Crippen LogP contribution >= 0.6 is 20.9 Å². The Labute approximate surface area is 64.7 Å².